The van der Waals surface area contributed by atoms with Crippen molar-refractivity contribution in [1.82, 2.24) is 20.3 Å². The van der Waals surface area contributed by atoms with Crippen LogP contribution in [-0.4, -0.2) is 38.5 Å². The number of amides is 1. The first-order valence-corrected chi connectivity index (χ1v) is 7.50. The van der Waals surface area contributed by atoms with Crippen molar-refractivity contribution in [3.8, 4) is 5.69 Å². The second kappa shape index (κ2) is 7.04. The zero-order valence-corrected chi connectivity index (χ0v) is 13.4. The Balaban J connectivity index is 2.38. The Hall–Kier alpha value is -2.70. The summed E-state index contributed by atoms with van der Waals surface area (Å²) in [6.45, 7) is 6.42. The number of benzene rings is 1. The maximum Gasteiger partial charge on any atom is 0.358 e. The summed E-state index contributed by atoms with van der Waals surface area (Å²) in [7, 11) is 0. The SMILES string of the molecule is CCNC(=O)c1ccc(-n2nnc(C(=O)O)c2CC(C)C)cc1. The van der Waals surface area contributed by atoms with Crippen LogP contribution in [0.15, 0.2) is 24.3 Å². The monoisotopic (exact) mass is 316 g/mol. The Morgan fingerprint density at radius 3 is 2.43 bits per heavy atom. The Morgan fingerprint density at radius 2 is 1.91 bits per heavy atom. The summed E-state index contributed by atoms with van der Waals surface area (Å²) in [5.41, 5.74) is 1.73. The van der Waals surface area contributed by atoms with E-state index in [1.54, 1.807) is 24.3 Å². The highest BCUT2D eigenvalue weighted by Crippen LogP contribution is 2.17. The van der Waals surface area contributed by atoms with Gasteiger partial charge in [-0.1, -0.05) is 19.1 Å². The number of nitrogens with one attached hydrogen (secondary N) is 1. The van der Waals surface area contributed by atoms with Crippen LogP contribution in [-0.2, 0) is 6.42 Å². The van der Waals surface area contributed by atoms with Crippen molar-refractivity contribution < 1.29 is 14.7 Å². The second-order valence-corrected chi connectivity index (χ2v) is 5.61. The molecule has 0 atom stereocenters. The maximum atomic E-state index is 11.8. The average Bonchev–Trinajstić information content (AvgIpc) is 2.90. The van der Waals surface area contributed by atoms with Gasteiger partial charge in [-0.15, -0.1) is 5.10 Å². The van der Waals surface area contributed by atoms with E-state index in [1.165, 1.54) is 4.68 Å². The third-order valence-electron chi connectivity index (χ3n) is 3.28. The molecule has 2 aromatic rings. The van der Waals surface area contributed by atoms with Crippen LogP contribution in [0.5, 0.6) is 0 Å². The summed E-state index contributed by atoms with van der Waals surface area (Å²) < 4.78 is 1.52. The quantitative estimate of drug-likeness (QED) is 0.848. The Labute approximate surface area is 134 Å². The fraction of sp³-hybridized carbons (Fsp3) is 0.375. The van der Waals surface area contributed by atoms with Crippen molar-refractivity contribution >= 4 is 11.9 Å². The number of carbonyl (C=O) groups is 2. The fourth-order valence-corrected chi connectivity index (χ4v) is 2.26. The molecule has 7 heteroatoms. The van der Waals surface area contributed by atoms with Crippen LogP contribution in [0.4, 0.5) is 0 Å². The smallest absolute Gasteiger partial charge is 0.358 e. The van der Waals surface area contributed by atoms with E-state index in [0.717, 1.165) is 0 Å². The molecule has 0 radical (unpaired) electrons. The molecule has 0 aliphatic carbocycles. The minimum Gasteiger partial charge on any atom is -0.476 e. The van der Waals surface area contributed by atoms with Crippen LogP contribution in [0.25, 0.3) is 5.69 Å². The maximum absolute atomic E-state index is 11.8. The summed E-state index contributed by atoms with van der Waals surface area (Å²) in [6, 6.07) is 6.83. The van der Waals surface area contributed by atoms with Crippen LogP contribution >= 0.6 is 0 Å². The first-order valence-electron chi connectivity index (χ1n) is 7.50. The zero-order valence-electron chi connectivity index (χ0n) is 13.4. The number of carbonyl (C=O) groups excluding carboxylic acids is 1. The molecular formula is C16H20N4O3. The van der Waals surface area contributed by atoms with Crippen LogP contribution < -0.4 is 5.32 Å². The summed E-state index contributed by atoms with van der Waals surface area (Å²) >= 11 is 0. The lowest BCUT2D eigenvalue weighted by molar-refractivity contribution is 0.0688. The minimum absolute atomic E-state index is 0.0356. The van der Waals surface area contributed by atoms with E-state index >= 15 is 0 Å². The average molecular weight is 316 g/mol. The molecule has 1 aromatic carbocycles. The number of hydrogen-bond donors (Lipinski definition) is 2. The van der Waals surface area contributed by atoms with Gasteiger partial charge in [0, 0.05) is 12.1 Å². The van der Waals surface area contributed by atoms with Crippen LogP contribution in [0.1, 0.15) is 47.3 Å². The Bertz CT molecular complexity index is 705. The standard InChI is InChI=1S/C16H20N4O3/c1-4-17-15(21)11-5-7-12(8-6-11)20-13(9-10(2)3)14(16(22)23)18-19-20/h5-8,10H,4,9H2,1-3H3,(H,17,21)(H,22,23). The van der Waals surface area contributed by atoms with Gasteiger partial charge < -0.3 is 10.4 Å². The fourth-order valence-electron chi connectivity index (χ4n) is 2.26. The number of carboxylic acid groups (broad SMARTS) is 1. The molecule has 0 fully saturated rings. The summed E-state index contributed by atoms with van der Waals surface area (Å²) in [6.07, 6.45) is 0.548. The molecular weight excluding hydrogens is 296 g/mol. The van der Waals surface area contributed by atoms with Gasteiger partial charge in [0.05, 0.1) is 11.4 Å². The lowest BCUT2D eigenvalue weighted by Crippen LogP contribution is -2.22. The third kappa shape index (κ3) is 3.74. The predicted molar refractivity (Wildman–Crippen MR) is 84.9 cm³/mol. The predicted octanol–water partition coefficient (Wildman–Crippen LogP) is 1.91. The van der Waals surface area contributed by atoms with Crippen molar-refractivity contribution in [3.05, 3.63) is 41.2 Å². The van der Waals surface area contributed by atoms with Crippen LogP contribution in [0.3, 0.4) is 0 Å². The number of carboxylic acids is 1. The summed E-state index contributed by atoms with van der Waals surface area (Å²) in [5, 5.41) is 19.7. The van der Waals surface area contributed by atoms with Gasteiger partial charge in [0.25, 0.3) is 5.91 Å². The van der Waals surface area contributed by atoms with Gasteiger partial charge >= 0.3 is 5.97 Å². The molecule has 1 aromatic heterocycles. The van der Waals surface area contributed by atoms with E-state index in [4.69, 9.17) is 0 Å². The molecule has 7 nitrogen and oxygen atoms in total. The van der Waals surface area contributed by atoms with E-state index in [9.17, 15) is 14.7 Å². The first-order chi connectivity index (χ1) is 10.9. The number of rotatable bonds is 6. The molecule has 0 saturated carbocycles. The topological polar surface area (TPSA) is 97.1 Å². The molecule has 0 saturated heterocycles. The highest BCUT2D eigenvalue weighted by Gasteiger charge is 2.20. The van der Waals surface area contributed by atoms with Gasteiger partial charge in [-0.25, -0.2) is 9.48 Å². The number of aromatic nitrogens is 3. The van der Waals surface area contributed by atoms with Crippen molar-refractivity contribution in [2.24, 2.45) is 5.92 Å². The van der Waals surface area contributed by atoms with E-state index in [1.807, 2.05) is 20.8 Å². The molecule has 2 N–H and O–H groups in total. The van der Waals surface area contributed by atoms with Crippen molar-refractivity contribution in [2.75, 3.05) is 6.54 Å². The number of hydrogen-bond acceptors (Lipinski definition) is 4. The van der Waals surface area contributed by atoms with Crippen molar-refractivity contribution in [3.63, 3.8) is 0 Å². The highest BCUT2D eigenvalue weighted by molar-refractivity contribution is 5.94. The molecule has 2 rings (SSSR count). The Morgan fingerprint density at radius 1 is 1.26 bits per heavy atom. The second-order valence-electron chi connectivity index (χ2n) is 5.61. The van der Waals surface area contributed by atoms with E-state index < -0.39 is 5.97 Å². The van der Waals surface area contributed by atoms with E-state index in [-0.39, 0.29) is 17.5 Å². The summed E-state index contributed by atoms with van der Waals surface area (Å²) in [4.78, 5) is 23.1. The molecule has 23 heavy (non-hydrogen) atoms. The van der Waals surface area contributed by atoms with E-state index in [0.29, 0.717) is 29.9 Å². The normalized spacial score (nSPS) is 10.8. The molecule has 0 bridgehead atoms. The van der Waals surface area contributed by atoms with Crippen LogP contribution in [0.2, 0.25) is 0 Å². The minimum atomic E-state index is -1.09. The molecule has 1 amide bonds. The van der Waals surface area contributed by atoms with Gasteiger partial charge in [0.2, 0.25) is 0 Å². The van der Waals surface area contributed by atoms with Crippen molar-refractivity contribution in [2.45, 2.75) is 27.2 Å². The lowest BCUT2D eigenvalue weighted by Gasteiger charge is -2.10. The lowest BCUT2D eigenvalue weighted by atomic mass is 10.1. The molecule has 0 unspecified atom stereocenters. The van der Waals surface area contributed by atoms with Gasteiger partial charge in [-0.3, -0.25) is 4.79 Å². The molecule has 1 heterocycles. The molecule has 0 aliphatic heterocycles. The van der Waals surface area contributed by atoms with Gasteiger partial charge in [0.15, 0.2) is 5.69 Å². The van der Waals surface area contributed by atoms with Gasteiger partial charge in [-0.05, 0) is 43.5 Å². The highest BCUT2D eigenvalue weighted by atomic mass is 16.4. The molecule has 122 valence electrons. The number of nitrogens with zero attached hydrogens (tertiary/aromatic N) is 3. The van der Waals surface area contributed by atoms with Crippen molar-refractivity contribution in [1.29, 1.82) is 0 Å². The summed E-state index contributed by atoms with van der Waals surface area (Å²) in [5.74, 6) is -0.975. The largest absolute Gasteiger partial charge is 0.476 e. The van der Waals surface area contributed by atoms with Gasteiger partial charge in [-0.2, -0.15) is 0 Å². The Kier molecular flexibility index (Phi) is 5.10. The molecule has 0 aliphatic rings. The van der Waals surface area contributed by atoms with E-state index in [2.05, 4.69) is 15.6 Å². The first kappa shape index (κ1) is 16.7. The number of aromatic carboxylic acids is 1. The van der Waals surface area contributed by atoms with Gasteiger partial charge in [0.1, 0.15) is 0 Å². The van der Waals surface area contributed by atoms with Crippen LogP contribution in [0, 0.1) is 5.92 Å². The third-order valence-corrected chi connectivity index (χ3v) is 3.28. The molecule has 0 spiro atoms. The zero-order chi connectivity index (χ0) is 17.0.